The van der Waals surface area contributed by atoms with Crippen LogP contribution in [0, 0.1) is 11.3 Å². The molecule has 0 fully saturated rings. The van der Waals surface area contributed by atoms with Gasteiger partial charge in [0.15, 0.2) is 0 Å². The molecule has 0 unspecified atom stereocenters. The van der Waals surface area contributed by atoms with Crippen molar-refractivity contribution in [3.8, 4) is 61.7 Å². The molecule has 1 aliphatic carbocycles. The average Bonchev–Trinajstić information content (AvgIpc) is 1.57. The average molecular weight is 1290 g/mol. The van der Waals surface area contributed by atoms with E-state index < -0.39 is 0 Å². The summed E-state index contributed by atoms with van der Waals surface area (Å²) >= 11 is 0. The maximum absolute atomic E-state index is 10.1. The first-order valence-electron chi connectivity index (χ1n) is 37.7. The zero-order chi connectivity index (χ0) is 68.7. The third-order valence-corrected chi connectivity index (χ3v) is 21.4. The van der Waals surface area contributed by atoms with Crippen molar-refractivity contribution < 1.29 is 0 Å². The number of aromatic nitrogens is 4. The molecule has 8 bridgehead atoms. The number of benzene rings is 5. The Labute approximate surface area is 584 Å². The molecule has 11 rings (SSSR count). The van der Waals surface area contributed by atoms with E-state index in [0.29, 0.717) is 5.56 Å². The minimum atomic E-state index is -0.119. The van der Waals surface area contributed by atoms with Crippen molar-refractivity contribution in [3.05, 3.63) is 189 Å². The fraction of sp³-hybridized carbons (Fsp3) is 0.446. The van der Waals surface area contributed by atoms with E-state index in [4.69, 9.17) is 9.97 Å². The summed E-state index contributed by atoms with van der Waals surface area (Å²) < 4.78 is 0. The van der Waals surface area contributed by atoms with E-state index >= 15 is 0 Å². The zero-order valence-electron chi connectivity index (χ0n) is 61.8. The van der Waals surface area contributed by atoms with E-state index in [1.807, 2.05) is 12.1 Å². The second-order valence-corrected chi connectivity index (χ2v) is 33.0. The molecule has 0 spiro atoms. The van der Waals surface area contributed by atoms with Crippen LogP contribution in [0.15, 0.2) is 127 Å². The molecule has 2 N–H and O–H groups in total. The van der Waals surface area contributed by atoms with Crippen LogP contribution in [0.5, 0.6) is 0 Å². The molecule has 0 amide bonds. The lowest BCUT2D eigenvalue weighted by atomic mass is 9.70. The van der Waals surface area contributed by atoms with E-state index in [1.165, 1.54) is 178 Å². The summed E-state index contributed by atoms with van der Waals surface area (Å²) in [7, 11) is 0. The van der Waals surface area contributed by atoms with Gasteiger partial charge in [0, 0.05) is 49.7 Å². The second-order valence-electron chi connectivity index (χ2n) is 33.0. The molecule has 5 heteroatoms. The second kappa shape index (κ2) is 30.1. The zero-order valence-corrected chi connectivity index (χ0v) is 61.8. The van der Waals surface area contributed by atoms with Crippen molar-refractivity contribution >= 4 is 46.4 Å². The molecule has 0 saturated heterocycles. The van der Waals surface area contributed by atoms with Crippen molar-refractivity contribution in [2.24, 2.45) is 0 Å². The molecule has 5 aromatic carbocycles. The number of nitrogens with one attached hydrogen (secondary N) is 2. The highest BCUT2D eigenvalue weighted by atomic mass is 14.8. The summed E-state index contributed by atoms with van der Waals surface area (Å²) in [5.41, 5.74) is 27.0. The fourth-order valence-corrected chi connectivity index (χ4v) is 15.5. The van der Waals surface area contributed by atoms with Crippen molar-refractivity contribution in [2.75, 3.05) is 0 Å². The summed E-state index contributed by atoms with van der Waals surface area (Å²) in [5.74, 6) is 0. The van der Waals surface area contributed by atoms with Gasteiger partial charge in [0.05, 0.1) is 34.4 Å². The maximum atomic E-state index is 10.1. The lowest BCUT2D eigenvalue weighted by Crippen LogP contribution is -2.25. The normalized spacial score (nSPS) is 13.5. The number of aromatic amines is 2. The van der Waals surface area contributed by atoms with Crippen molar-refractivity contribution in [1.29, 1.82) is 5.26 Å². The van der Waals surface area contributed by atoms with Gasteiger partial charge in [-0.1, -0.05) is 310 Å². The summed E-state index contributed by atoms with van der Waals surface area (Å²) in [6, 6.07) is 50.9. The Morgan fingerprint density at radius 1 is 0.340 bits per heavy atom. The summed E-state index contributed by atoms with van der Waals surface area (Å²) in [6.07, 6.45) is 37.9. The predicted octanol–water partition coefficient (Wildman–Crippen LogP) is 27.3. The SMILES string of the molecule is CCCCCCCCCCCCC1(CCCCCCCCCCCC)c2ccccc2-c2ccc(-c3c4nc(c(-c5cc(C(C)(C)C)cc(C(C)(C)C)c5)c5ccc([nH]5)c(-c5ccc(C#N)cc5)c5nc(c(-c6cc(C(C)(C)C)cc(C(C)(C)C)c6)c6ccc3[nH]6)C=C5)C=C4)cc21. The van der Waals surface area contributed by atoms with Gasteiger partial charge < -0.3 is 9.97 Å². The Morgan fingerprint density at radius 2 is 0.670 bits per heavy atom. The number of nitriles is 1. The lowest BCUT2D eigenvalue weighted by molar-refractivity contribution is 0.397. The van der Waals surface area contributed by atoms with Crippen LogP contribution in [0.3, 0.4) is 0 Å². The number of hydrogen-bond acceptors (Lipinski definition) is 3. The van der Waals surface area contributed by atoms with Gasteiger partial charge >= 0.3 is 0 Å². The largest absolute Gasteiger partial charge is 0.354 e. The number of nitrogens with zero attached hydrogens (tertiary/aromatic N) is 3. The first-order valence-corrected chi connectivity index (χ1v) is 37.7. The van der Waals surface area contributed by atoms with Gasteiger partial charge in [0.1, 0.15) is 0 Å². The van der Waals surface area contributed by atoms with Gasteiger partial charge in [-0.15, -0.1) is 0 Å². The number of unbranched alkanes of at least 4 members (excludes halogenated alkanes) is 18. The third kappa shape index (κ3) is 16.0. The number of rotatable bonds is 26. The standard InChI is InChI=1S/C92H113N5/c1-15-17-19-21-23-25-27-29-31-35-53-92(54-36-32-30-28-26-24-22-20-18-16-2)74-38-34-33-37-72(74)73-44-43-65(59-75(73)92)85-78-47-51-82(96-78)86(66-55-68(88(3,4)5)60-69(56-66)89(6,7)8)80-49-45-76(94-80)84(64-41-39-63(62-93)40-42-64)77-46-50-81(95-77)87(83-52-48-79(85)97-83)67-57-70(90(9,10)11)61-71(58-67)91(12,13)14/h33-34,37-52,55-61,94,97H,15-32,35-36,53-54H2,1-14H3. The highest BCUT2D eigenvalue weighted by Crippen LogP contribution is 2.56. The maximum Gasteiger partial charge on any atom is 0.0991 e. The molecule has 0 atom stereocenters. The summed E-state index contributed by atoms with van der Waals surface area (Å²) in [5, 5.41) is 10.1. The van der Waals surface area contributed by atoms with Crippen LogP contribution in [0.4, 0.5) is 0 Å². The molecule has 2 aliphatic heterocycles. The molecule has 3 aromatic heterocycles. The topological polar surface area (TPSA) is 81.2 Å². The van der Waals surface area contributed by atoms with Crippen molar-refractivity contribution in [2.45, 2.75) is 265 Å². The Kier molecular flexibility index (Phi) is 21.9. The molecule has 8 aromatic rings. The minimum absolute atomic E-state index is 0.111. The van der Waals surface area contributed by atoms with Gasteiger partial charge in [-0.3, -0.25) is 0 Å². The van der Waals surface area contributed by atoms with Gasteiger partial charge in [-0.2, -0.15) is 5.26 Å². The Morgan fingerprint density at radius 3 is 1.04 bits per heavy atom. The number of H-pyrrole nitrogens is 2. The van der Waals surface area contributed by atoms with Gasteiger partial charge in [-0.25, -0.2) is 9.97 Å². The summed E-state index contributed by atoms with van der Waals surface area (Å²) in [6.45, 7) is 32.5. The van der Waals surface area contributed by atoms with E-state index in [0.717, 1.165) is 96.6 Å². The van der Waals surface area contributed by atoms with Crippen LogP contribution in [0.1, 0.15) is 300 Å². The molecule has 5 heterocycles. The number of hydrogen-bond donors (Lipinski definition) is 2. The molecule has 506 valence electrons. The Bertz CT molecular complexity index is 4200. The van der Waals surface area contributed by atoms with Crippen LogP contribution in [-0.4, -0.2) is 19.9 Å². The van der Waals surface area contributed by atoms with Crippen LogP contribution in [0.25, 0.3) is 102 Å². The van der Waals surface area contributed by atoms with Crippen molar-refractivity contribution in [3.63, 3.8) is 0 Å². The van der Waals surface area contributed by atoms with Gasteiger partial charge in [0.25, 0.3) is 0 Å². The first-order chi connectivity index (χ1) is 46.5. The molecular weight excluding hydrogens is 1180 g/mol. The summed E-state index contributed by atoms with van der Waals surface area (Å²) in [4.78, 5) is 20.0. The molecule has 3 aliphatic rings. The fourth-order valence-electron chi connectivity index (χ4n) is 15.5. The van der Waals surface area contributed by atoms with E-state index in [-0.39, 0.29) is 27.1 Å². The molecule has 0 radical (unpaired) electrons. The highest BCUT2D eigenvalue weighted by molar-refractivity contribution is 6.01. The highest BCUT2D eigenvalue weighted by Gasteiger charge is 2.42. The molecular formula is C92H113N5. The molecule has 5 nitrogen and oxygen atoms in total. The van der Waals surface area contributed by atoms with Crippen molar-refractivity contribution in [1.82, 2.24) is 19.9 Å². The number of fused-ring (bicyclic) bond motifs is 11. The van der Waals surface area contributed by atoms with Crippen LogP contribution in [-0.2, 0) is 27.1 Å². The predicted molar refractivity (Wildman–Crippen MR) is 419 cm³/mol. The van der Waals surface area contributed by atoms with Gasteiger partial charge in [0.2, 0.25) is 0 Å². The monoisotopic (exact) mass is 1290 g/mol. The lowest BCUT2D eigenvalue weighted by Gasteiger charge is -2.33. The van der Waals surface area contributed by atoms with E-state index in [2.05, 4.69) is 253 Å². The Balaban J connectivity index is 1.18. The van der Waals surface area contributed by atoms with E-state index in [9.17, 15) is 5.26 Å². The third-order valence-electron chi connectivity index (χ3n) is 21.4. The Hall–Kier alpha value is -7.81. The molecule has 0 saturated carbocycles. The van der Waals surface area contributed by atoms with Crippen LogP contribution >= 0.6 is 0 Å². The quantitative estimate of drug-likeness (QED) is 0.0530. The smallest absolute Gasteiger partial charge is 0.0991 e. The van der Waals surface area contributed by atoms with E-state index in [1.54, 1.807) is 0 Å². The van der Waals surface area contributed by atoms with Crippen LogP contribution < -0.4 is 0 Å². The van der Waals surface area contributed by atoms with Crippen LogP contribution in [0.2, 0.25) is 0 Å². The minimum Gasteiger partial charge on any atom is -0.354 e. The van der Waals surface area contributed by atoms with Gasteiger partial charge in [-0.05, 0) is 168 Å². The molecule has 97 heavy (non-hydrogen) atoms. The first kappa shape index (κ1) is 70.5.